The third-order valence-electron chi connectivity index (χ3n) is 4.44. The number of aryl methyl sites for hydroxylation is 3. The zero-order valence-corrected chi connectivity index (χ0v) is 15.4. The molecule has 6 nitrogen and oxygen atoms in total. The van der Waals surface area contributed by atoms with E-state index in [2.05, 4.69) is 16.5 Å². The van der Waals surface area contributed by atoms with Gasteiger partial charge in [-0.2, -0.15) is 0 Å². The van der Waals surface area contributed by atoms with Crippen molar-refractivity contribution >= 4 is 17.2 Å². The van der Waals surface area contributed by atoms with Crippen LogP contribution < -0.4 is 5.32 Å². The van der Waals surface area contributed by atoms with E-state index in [0.717, 1.165) is 29.9 Å². The van der Waals surface area contributed by atoms with Gasteiger partial charge in [0.25, 0.3) is 0 Å². The monoisotopic (exact) mass is 364 g/mol. The van der Waals surface area contributed by atoms with Gasteiger partial charge in [0, 0.05) is 23.5 Å². The van der Waals surface area contributed by atoms with Crippen LogP contribution in [-0.4, -0.2) is 36.4 Å². The molecule has 3 heterocycles. The molecule has 136 valence electrons. The van der Waals surface area contributed by atoms with Gasteiger partial charge in [-0.05, 0) is 38.1 Å². The molecule has 1 saturated heterocycles. The summed E-state index contributed by atoms with van der Waals surface area (Å²) in [5.74, 6) is 0.816. The largest absolute Gasteiger partial charge is 0.379 e. The lowest BCUT2D eigenvalue weighted by Crippen LogP contribution is -2.50. The van der Waals surface area contributed by atoms with Crippen LogP contribution in [0.3, 0.4) is 0 Å². The first-order chi connectivity index (χ1) is 12.1. The molecule has 1 aliphatic rings. The summed E-state index contributed by atoms with van der Waals surface area (Å²) in [6, 6.07) is 3.94. The number of rotatable bonds is 7. The van der Waals surface area contributed by atoms with Crippen LogP contribution in [0.25, 0.3) is 0 Å². The number of carbonyl (C=O) groups excluding carboxylic acids is 1. The summed E-state index contributed by atoms with van der Waals surface area (Å²) in [6.45, 7) is 5.35. The topological polar surface area (TPSA) is 73.6 Å². The Morgan fingerprint density at radius 1 is 1.48 bits per heavy atom. The summed E-state index contributed by atoms with van der Waals surface area (Å²) < 4.78 is 16.8. The van der Waals surface area contributed by atoms with E-state index < -0.39 is 0 Å². The Bertz CT molecular complexity index is 664. The highest BCUT2D eigenvalue weighted by molar-refractivity contribution is 7.09. The molecule has 1 amide bonds. The van der Waals surface area contributed by atoms with Crippen LogP contribution in [0.15, 0.2) is 22.0 Å². The Hall–Kier alpha value is -1.70. The van der Waals surface area contributed by atoms with E-state index in [0.29, 0.717) is 26.2 Å². The lowest BCUT2D eigenvalue weighted by Gasteiger charge is -2.32. The van der Waals surface area contributed by atoms with Crippen LogP contribution in [-0.2, 0) is 27.3 Å². The van der Waals surface area contributed by atoms with Crippen LogP contribution in [0.2, 0.25) is 0 Å². The van der Waals surface area contributed by atoms with Gasteiger partial charge in [0.1, 0.15) is 5.76 Å². The third kappa shape index (κ3) is 4.90. The molecule has 0 radical (unpaired) electrons. The first-order valence-electron chi connectivity index (χ1n) is 8.56. The van der Waals surface area contributed by atoms with E-state index in [4.69, 9.17) is 14.0 Å². The van der Waals surface area contributed by atoms with Crippen molar-refractivity contribution < 1.29 is 18.8 Å². The number of hydrogen-bond acceptors (Lipinski definition) is 6. The maximum atomic E-state index is 12.3. The van der Waals surface area contributed by atoms with Gasteiger partial charge in [0.15, 0.2) is 0 Å². The van der Waals surface area contributed by atoms with Crippen LogP contribution in [0, 0.1) is 13.8 Å². The second-order valence-corrected chi connectivity index (χ2v) is 7.30. The predicted octanol–water partition coefficient (Wildman–Crippen LogP) is 2.78. The van der Waals surface area contributed by atoms with Gasteiger partial charge in [-0.25, -0.2) is 0 Å². The zero-order chi connectivity index (χ0) is 17.6. The van der Waals surface area contributed by atoms with E-state index in [1.807, 2.05) is 25.3 Å². The fraction of sp³-hybridized carbons (Fsp3) is 0.556. The van der Waals surface area contributed by atoms with Gasteiger partial charge >= 0.3 is 0 Å². The molecular formula is C18H24N2O4S. The Morgan fingerprint density at radius 3 is 3.08 bits per heavy atom. The number of nitrogens with one attached hydrogen (secondary N) is 1. The van der Waals surface area contributed by atoms with E-state index >= 15 is 0 Å². The van der Waals surface area contributed by atoms with E-state index in [1.54, 1.807) is 11.3 Å². The molecular weight excluding hydrogens is 340 g/mol. The van der Waals surface area contributed by atoms with Crippen molar-refractivity contribution in [2.24, 2.45) is 0 Å². The molecule has 25 heavy (non-hydrogen) atoms. The van der Waals surface area contributed by atoms with Crippen LogP contribution in [0.5, 0.6) is 0 Å². The van der Waals surface area contributed by atoms with Gasteiger partial charge in [-0.1, -0.05) is 11.2 Å². The van der Waals surface area contributed by atoms with Crippen molar-refractivity contribution in [1.29, 1.82) is 0 Å². The second-order valence-electron chi connectivity index (χ2n) is 6.27. The van der Waals surface area contributed by atoms with Crippen molar-refractivity contribution in [3.8, 4) is 0 Å². The molecule has 1 aliphatic heterocycles. The van der Waals surface area contributed by atoms with Crippen LogP contribution in [0.4, 0.5) is 0 Å². The number of nitrogens with zero attached hydrogens (tertiary/aromatic N) is 1. The Labute approximate surface area is 151 Å². The number of carbonyl (C=O) groups is 1. The van der Waals surface area contributed by atoms with Gasteiger partial charge in [0.2, 0.25) is 5.91 Å². The summed E-state index contributed by atoms with van der Waals surface area (Å²) in [7, 11) is 0. The summed E-state index contributed by atoms with van der Waals surface area (Å²) in [5, 5.41) is 9.04. The van der Waals surface area contributed by atoms with Crippen molar-refractivity contribution in [3.63, 3.8) is 0 Å². The maximum Gasteiger partial charge on any atom is 0.220 e. The fourth-order valence-electron chi connectivity index (χ4n) is 2.92. The van der Waals surface area contributed by atoms with Crippen LogP contribution in [0.1, 0.15) is 34.7 Å². The molecule has 0 spiro atoms. The number of aromatic nitrogens is 1. The number of ether oxygens (including phenoxy) is 2. The van der Waals surface area contributed by atoms with Gasteiger partial charge < -0.3 is 19.3 Å². The van der Waals surface area contributed by atoms with Gasteiger partial charge in [-0.15, -0.1) is 11.3 Å². The molecule has 2 atom stereocenters. The maximum absolute atomic E-state index is 12.3. The summed E-state index contributed by atoms with van der Waals surface area (Å²) >= 11 is 1.68. The normalized spacial score (nSPS) is 20.6. The fourth-order valence-corrected chi connectivity index (χ4v) is 3.63. The molecule has 2 aromatic heterocycles. The third-order valence-corrected chi connectivity index (χ3v) is 5.38. The molecule has 0 aromatic carbocycles. The minimum absolute atomic E-state index is 0.0369. The summed E-state index contributed by atoms with van der Waals surface area (Å²) in [4.78, 5) is 13.5. The molecule has 2 aromatic rings. The van der Waals surface area contributed by atoms with Crippen molar-refractivity contribution in [3.05, 3.63) is 39.4 Å². The second kappa shape index (κ2) is 8.60. The number of amides is 1. The Kier molecular flexibility index (Phi) is 6.23. The molecule has 0 saturated carbocycles. The standard InChI is InChI=1S/C18H24N2O4S/c1-12-15(13(2)24-20-12)10-23-17-7-8-22-11-16(17)19-18(21)6-5-14-4-3-9-25-14/h3-4,9,16-17H,5-8,10-11H2,1-2H3,(H,19,21)/t16-,17+/m1/s1. The molecule has 0 aliphatic carbocycles. The average molecular weight is 364 g/mol. The van der Waals surface area contributed by atoms with Crippen molar-refractivity contribution in [2.45, 2.75) is 51.9 Å². The molecule has 7 heteroatoms. The highest BCUT2D eigenvalue weighted by Gasteiger charge is 2.28. The smallest absolute Gasteiger partial charge is 0.220 e. The molecule has 0 unspecified atom stereocenters. The minimum atomic E-state index is -0.120. The van der Waals surface area contributed by atoms with Crippen molar-refractivity contribution in [1.82, 2.24) is 10.5 Å². The highest BCUT2D eigenvalue weighted by Crippen LogP contribution is 2.19. The lowest BCUT2D eigenvalue weighted by molar-refractivity contribution is -0.126. The first kappa shape index (κ1) is 18.1. The quantitative estimate of drug-likeness (QED) is 0.818. The molecule has 1 fully saturated rings. The lowest BCUT2D eigenvalue weighted by atomic mass is 10.1. The predicted molar refractivity (Wildman–Crippen MR) is 94.6 cm³/mol. The Morgan fingerprint density at radius 2 is 2.36 bits per heavy atom. The first-order valence-corrected chi connectivity index (χ1v) is 9.44. The number of thiophene rings is 1. The molecule has 3 rings (SSSR count). The minimum Gasteiger partial charge on any atom is -0.379 e. The van der Waals surface area contributed by atoms with E-state index in [9.17, 15) is 4.79 Å². The van der Waals surface area contributed by atoms with E-state index in [-0.39, 0.29) is 18.1 Å². The summed E-state index contributed by atoms with van der Waals surface area (Å²) in [5.41, 5.74) is 1.83. The van der Waals surface area contributed by atoms with Gasteiger partial charge in [0.05, 0.1) is 31.1 Å². The average Bonchev–Trinajstić information content (AvgIpc) is 3.23. The number of hydrogen-bond donors (Lipinski definition) is 1. The highest BCUT2D eigenvalue weighted by atomic mass is 32.1. The SMILES string of the molecule is Cc1noc(C)c1CO[C@H]1CCOC[C@H]1NC(=O)CCc1cccs1. The van der Waals surface area contributed by atoms with Crippen LogP contribution >= 0.6 is 11.3 Å². The van der Waals surface area contributed by atoms with Crippen molar-refractivity contribution in [2.75, 3.05) is 13.2 Å². The zero-order valence-electron chi connectivity index (χ0n) is 14.6. The Balaban J connectivity index is 1.50. The van der Waals surface area contributed by atoms with Gasteiger partial charge in [-0.3, -0.25) is 4.79 Å². The summed E-state index contributed by atoms with van der Waals surface area (Å²) in [6.07, 6.45) is 1.95. The molecule has 0 bridgehead atoms. The van der Waals surface area contributed by atoms with E-state index in [1.165, 1.54) is 4.88 Å². The molecule has 1 N–H and O–H groups in total.